The molecule has 0 aliphatic rings. The molecule has 0 spiro atoms. The molecule has 116 valence electrons. The second-order valence-electron chi connectivity index (χ2n) is 4.79. The molecule has 0 saturated carbocycles. The molecule has 0 saturated heterocycles. The van der Waals surface area contributed by atoms with Gasteiger partial charge in [0.2, 0.25) is 5.91 Å². The Bertz CT molecular complexity index is 751. The summed E-state index contributed by atoms with van der Waals surface area (Å²) in [6.45, 7) is 0.522. The maximum Gasteiger partial charge on any atom is 0.335 e. The Morgan fingerprint density at radius 1 is 1.09 bits per heavy atom. The topological polar surface area (TPSA) is 102 Å². The largest absolute Gasteiger partial charge is 0.478 e. The van der Waals surface area contributed by atoms with Crippen molar-refractivity contribution in [3.05, 3.63) is 59.7 Å². The summed E-state index contributed by atoms with van der Waals surface area (Å²) < 4.78 is 0. The molecule has 0 radical (unpaired) electrons. The van der Waals surface area contributed by atoms with E-state index in [1.54, 1.807) is 12.1 Å². The van der Waals surface area contributed by atoms with E-state index in [1.807, 2.05) is 30.3 Å². The third-order valence-electron chi connectivity index (χ3n) is 3.11. The number of anilines is 2. The first kappa shape index (κ1) is 16.0. The number of carbonyl (C=O) groups excluding carboxylic acids is 1. The van der Waals surface area contributed by atoms with Crippen LogP contribution in [0.5, 0.6) is 0 Å². The number of aromatic carboxylic acids is 1. The second kappa shape index (κ2) is 7.61. The van der Waals surface area contributed by atoms with Gasteiger partial charge in [0.1, 0.15) is 6.42 Å². The third kappa shape index (κ3) is 4.58. The minimum absolute atomic E-state index is 0.0579. The molecule has 6 heteroatoms. The number of rotatable bonds is 6. The average Bonchev–Trinajstić information content (AvgIpc) is 2.54. The van der Waals surface area contributed by atoms with E-state index in [1.165, 1.54) is 12.1 Å². The fraction of sp³-hybridized carbons (Fsp3) is 0.118. The summed E-state index contributed by atoms with van der Waals surface area (Å²) in [5, 5.41) is 23.3. The Hall–Kier alpha value is -3.33. The van der Waals surface area contributed by atoms with Crippen LogP contribution in [0.2, 0.25) is 0 Å². The van der Waals surface area contributed by atoms with Crippen molar-refractivity contribution in [1.82, 2.24) is 0 Å². The van der Waals surface area contributed by atoms with Crippen molar-refractivity contribution >= 4 is 23.3 Å². The molecular weight excluding hydrogens is 294 g/mol. The van der Waals surface area contributed by atoms with Gasteiger partial charge in [-0.2, -0.15) is 5.26 Å². The van der Waals surface area contributed by atoms with Gasteiger partial charge in [0, 0.05) is 6.54 Å². The predicted octanol–water partition coefficient (Wildman–Crippen LogP) is 2.85. The SMILES string of the molecule is N#CCC(=O)Nc1cc(C(=O)O)ccc1NCc1ccccc1. The van der Waals surface area contributed by atoms with Gasteiger partial charge in [-0.1, -0.05) is 30.3 Å². The van der Waals surface area contributed by atoms with Gasteiger partial charge in [0.25, 0.3) is 0 Å². The summed E-state index contributed by atoms with van der Waals surface area (Å²) in [5.74, 6) is -1.58. The van der Waals surface area contributed by atoms with E-state index in [-0.39, 0.29) is 12.0 Å². The lowest BCUT2D eigenvalue weighted by Crippen LogP contribution is -2.13. The molecule has 6 nitrogen and oxygen atoms in total. The number of carboxylic acids is 1. The molecular formula is C17H15N3O3. The van der Waals surface area contributed by atoms with Crippen LogP contribution in [0.1, 0.15) is 22.3 Å². The summed E-state index contributed by atoms with van der Waals surface area (Å²) in [6, 6.07) is 15.8. The van der Waals surface area contributed by atoms with Gasteiger partial charge in [-0.15, -0.1) is 0 Å². The Labute approximate surface area is 133 Å². The fourth-order valence-electron chi connectivity index (χ4n) is 1.99. The summed E-state index contributed by atoms with van der Waals surface area (Å²) in [4.78, 5) is 22.7. The molecule has 3 N–H and O–H groups in total. The minimum Gasteiger partial charge on any atom is -0.478 e. The highest BCUT2D eigenvalue weighted by molar-refractivity contribution is 5.98. The quantitative estimate of drug-likeness (QED) is 0.761. The monoisotopic (exact) mass is 309 g/mol. The van der Waals surface area contributed by atoms with E-state index in [2.05, 4.69) is 10.6 Å². The minimum atomic E-state index is -1.09. The van der Waals surface area contributed by atoms with Gasteiger partial charge in [-0.25, -0.2) is 4.79 Å². The number of benzene rings is 2. The van der Waals surface area contributed by atoms with Gasteiger partial charge >= 0.3 is 5.97 Å². The molecule has 0 fully saturated rings. The maximum atomic E-state index is 11.6. The molecule has 0 aliphatic carbocycles. The van der Waals surface area contributed by atoms with Crippen molar-refractivity contribution < 1.29 is 14.7 Å². The zero-order valence-electron chi connectivity index (χ0n) is 12.2. The highest BCUT2D eigenvalue weighted by Gasteiger charge is 2.11. The molecule has 0 bridgehead atoms. The molecule has 0 heterocycles. The summed E-state index contributed by atoms with van der Waals surface area (Å²) >= 11 is 0. The van der Waals surface area contributed by atoms with Crippen molar-refractivity contribution in [2.45, 2.75) is 13.0 Å². The Morgan fingerprint density at radius 2 is 1.83 bits per heavy atom. The van der Waals surface area contributed by atoms with Gasteiger partial charge < -0.3 is 15.7 Å². The first-order valence-corrected chi connectivity index (χ1v) is 6.92. The van der Waals surface area contributed by atoms with E-state index in [0.717, 1.165) is 5.56 Å². The number of nitrogens with zero attached hydrogens (tertiary/aromatic N) is 1. The molecule has 2 rings (SSSR count). The van der Waals surface area contributed by atoms with Crippen LogP contribution < -0.4 is 10.6 Å². The lowest BCUT2D eigenvalue weighted by Gasteiger charge is -2.13. The Balaban J connectivity index is 2.21. The van der Waals surface area contributed by atoms with E-state index in [9.17, 15) is 9.59 Å². The number of hydrogen-bond donors (Lipinski definition) is 3. The highest BCUT2D eigenvalue weighted by atomic mass is 16.4. The number of carbonyl (C=O) groups is 2. The van der Waals surface area contributed by atoms with Crippen LogP contribution in [0.3, 0.4) is 0 Å². The van der Waals surface area contributed by atoms with Gasteiger partial charge in [0.15, 0.2) is 0 Å². The van der Waals surface area contributed by atoms with E-state index in [0.29, 0.717) is 17.9 Å². The summed E-state index contributed by atoms with van der Waals surface area (Å²) in [7, 11) is 0. The number of carboxylic acid groups (broad SMARTS) is 1. The Morgan fingerprint density at radius 3 is 2.48 bits per heavy atom. The van der Waals surface area contributed by atoms with Crippen molar-refractivity contribution in [1.29, 1.82) is 5.26 Å². The third-order valence-corrected chi connectivity index (χ3v) is 3.11. The number of amides is 1. The first-order valence-electron chi connectivity index (χ1n) is 6.92. The molecule has 2 aromatic carbocycles. The van der Waals surface area contributed by atoms with Gasteiger partial charge in [0.05, 0.1) is 23.0 Å². The second-order valence-corrected chi connectivity index (χ2v) is 4.79. The van der Waals surface area contributed by atoms with Crippen LogP contribution in [-0.2, 0) is 11.3 Å². The average molecular weight is 309 g/mol. The Kier molecular flexibility index (Phi) is 5.31. The van der Waals surface area contributed by atoms with Crippen molar-refractivity contribution in [2.24, 2.45) is 0 Å². The smallest absolute Gasteiger partial charge is 0.335 e. The van der Waals surface area contributed by atoms with Crippen molar-refractivity contribution in [3.63, 3.8) is 0 Å². The lowest BCUT2D eigenvalue weighted by atomic mass is 10.1. The van der Waals surface area contributed by atoms with Crippen LogP contribution >= 0.6 is 0 Å². The number of nitrogens with one attached hydrogen (secondary N) is 2. The van der Waals surface area contributed by atoms with Crippen molar-refractivity contribution in [3.8, 4) is 6.07 Å². The van der Waals surface area contributed by atoms with E-state index >= 15 is 0 Å². The molecule has 0 aromatic heterocycles. The van der Waals surface area contributed by atoms with E-state index in [4.69, 9.17) is 10.4 Å². The summed E-state index contributed by atoms with van der Waals surface area (Å²) in [5.41, 5.74) is 2.03. The standard InChI is InChI=1S/C17H15N3O3/c18-9-8-16(21)20-15-10-13(17(22)23)6-7-14(15)19-11-12-4-2-1-3-5-12/h1-7,10,19H,8,11H2,(H,20,21)(H,22,23). The molecule has 1 amide bonds. The highest BCUT2D eigenvalue weighted by Crippen LogP contribution is 2.24. The maximum absolute atomic E-state index is 11.6. The van der Waals surface area contributed by atoms with Crippen LogP contribution in [-0.4, -0.2) is 17.0 Å². The normalized spacial score (nSPS) is 9.70. The molecule has 0 aliphatic heterocycles. The van der Waals surface area contributed by atoms with Gasteiger partial charge in [-0.05, 0) is 23.8 Å². The van der Waals surface area contributed by atoms with Gasteiger partial charge in [-0.3, -0.25) is 4.79 Å². The fourth-order valence-corrected chi connectivity index (χ4v) is 1.99. The molecule has 23 heavy (non-hydrogen) atoms. The van der Waals surface area contributed by atoms with E-state index < -0.39 is 11.9 Å². The predicted molar refractivity (Wildman–Crippen MR) is 86.0 cm³/mol. The van der Waals surface area contributed by atoms with Crippen LogP contribution in [0.25, 0.3) is 0 Å². The number of hydrogen-bond acceptors (Lipinski definition) is 4. The number of nitriles is 1. The lowest BCUT2D eigenvalue weighted by molar-refractivity contribution is -0.115. The molecule has 0 unspecified atom stereocenters. The van der Waals surface area contributed by atoms with Crippen LogP contribution in [0.4, 0.5) is 11.4 Å². The van der Waals surface area contributed by atoms with Crippen molar-refractivity contribution in [2.75, 3.05) is 10.6 Å². The zero-order chi connectivity index (χ0) is 16.7. The first-order chi connectivity index (χ1) is 11.1. The molecule has 2 aromatic rings. The van der Waals surface area contributed by atoms with Crippen LogP contribution in [0, 0.1) is 11.3 Å². The summed E-state index contributed by atoms with van der Waals surface area (Å²) in [6.07, 6.45) is -0.296. The van der Waals surface area contributed by atoms with Crippen LogP contribution in [0.15, 0.2) is 48.5 Å². The zero-order valence-corrected chi connectivity index (χ0v) is 12.2. The molecule has 0 atom stereocenters.